The minimum Gasteiger partial charge on any atom is -0.481 e. The minimum atomic E-state index is -1.10. The molecule has 0 aromatic heterocycles. The molecule has 120 valence electrons. The molecule has 0 bridgehead atoms. The predicted octanol–water partition coefficient (Wildman–Crippen LogP) is 1.63. The van der Waals surface area contributed by atoms with Gasteiger partial charge in [-0.05, 0) is 23.9 Å². The quantitative estimate of drug-likeness (QED) is 0.754. The van der Waals surface area contributed by atoms with Crippen molar-refractivity contribution in [2.75, 3.05) is 13.7 Å². The Morgan fingerprint density at radius 1 is 1.13 bits per heavy atom. The number of likely N-dealkylation sites (N-methyl/N-ethyl adjacent to an activating group) is 1. The highest BCUT2D eigenvalue weighted by Gasteiger charge is 2.21. The molecule has 2 rings (SSSR count). The van der Waals surface area contributed by atoms with Gasteiger partial charge in [0.1, 0.15) is 0 Å². The van der Waals surface area contributed by atoms with E-state index in [1.54, 1.807) is 18.2 Å². The molecule has 0 aliphatic rings. The number of fused-ring (bicyclic) bond motifs is 1. The number of hydrogen-bond acceptors (Lipinski definition) is 5. The molecule has 0 heterocycles. The van der Waals surface area contributed by atoms with Gasteiger partial charge in [-0.15, -0.1) is 0 Å². The predicted molar refractivity (Wildman–Crippen MR) is 84.3 cm³/mol. The monoisotopic (exact) mass is 315 g/mol. The third kappa shape index (κ3) is 4.14. The molecule has 1 atom stereocenters. The number of hydrogen-bond donors (Lipinski definition) is 2. The molecule has 0 unspecified atom stereocenters. The van der Waals surface area contributed by atoms with Gasteiger partial charge in [0, 0.05) is 0 Å². The van der Waals surface area contributed by atoms with Crippen molar-refractivity contribution < 1.29 is 24.2 Å². The zero-order valence-corrected chi connectivity index (χ0v) is 12.6. The Morgan fingerprint density at radius 2 is 1.83 bits per heavy atom. The van der Waals surface area contributed by atoms with E-state index in [1.165, 1.54) is 7.05 Å². The van der Waals surface area contributed by atoms with E-state index in [0.29, 0.717) is 5.56 Å². The van der Waals surface area contributed by atoms with Gasteiger partial charge in [0.05, 0.1) is 18.0 Å². The number of carbonyl (C=O) groups is 3. The normalized spacial score (nSPS) is 11.9. The standard InChI is InChI=1S/C17H17NO5/c1-18-14(9-16(20)21)15(19)10-23-17(22)13-8-4-6-11-5-2-3-7-12(11)13/h2-8,14,18H,9-10H2,1H3,(H,20,21)/t14-/m0/s1. The average molecular weight is 315 g/mol. The first-order chi connectivity index (χ1) is 11.0. The molecule has 0 saturated heterocycles. The van der Waals surface area contributed by atoms with E-state index in [2.05, 4.69) is 5.32 Å². The number of esters is 1. The highest BCUT2D eigenvalue weighted by atomic mass is 16.5. The first-order valence-corrected chi connectivity index (χ1v) is 7.09. The van der Waals surface area contributed by atoms with E-state index >= 15 is 0 Å². The smallest absolute Gasteiger partial charge is 0.339 e. The van der Waals surface area contributed by atoms with Crippen LogP contribution in [0, 0.1) is 0 Å². The number of carbonyl (C=O) groups excluding carboxylic acids is 2. The Bertz CT molecular complexity index is 735. The summed E-state index contributed by atoms with van der Waals surface area (Å²) >= 11 is 0. The number of ketones is 1. The second-order valence-corrected chi connectivity index (χ2v) is 5.01. The van der Waals surface area contributed by atoms with E-state index in [9.17, 15) is 14.4 Å². The number of carboxylic acid groups (broad SMARTS) is 1. The van der Waals surface area contributed by atoms with Crippen LogP contribution in [0.5, 0.6) is 0 Å². The van der Waals surface area contributed by atoms with Crippen LogP contribution in [0.3, 0.4) is 0 Å². The molecular formula is C17H17NO5. The van der Waals surface area contributed by atoms with Crippen molar-refractivity contribution in [3.63, 3.8) is 0 Å². The second-order valence-electron chi connectivity index (χ2n) is 5.01. The lowest BCUT2D eigenvalue weighted by molar-refractivity contribution is -0.139. The van der Waals surface area contributed by atoms with Crippen molar-refractivity contribution in [1.29, 1.82) is 0 Å². The number of carboxylic acids is 1. The van der Waals surface area contributed by atoms with Crippen LogP contribution in [0.1, 0.15) is 16.8 Å². The first-order valence-electron chi connectivity index (χ1n) is 7.09. The summed E-state index contributed by atoms with van der Waals surface area (Å²) in [5.74, 6) is -2.19. The third-order valence-electron chi connectivity index (χ3n) is 3.47. The third-order valence-corrected chi connectivity index (χ3v) is 3.47. The summed E-state index contributed by atoms with van der Waals surface area (Å²) in [4.78, 5) is 34.8. The van der Waals surface area contributed by atoms with Gasteiger partial charge in [0.25, 0.3) is 0 Å². The molecule has 0 radical (unpaired) electrons. The molecule has 0 spiro atoms. The van der Waals surface area contributed by atoms with Gasteiger partial charge >= 0.3 is 11.9 Å². The van der Waals surface area contributed by atoms with Crippen molar-refractivity contribution >= 4 is 28.5 Å². The van der Waals surface area contributed by atoms with Gasteiger partial charge in [0.2, 0.25) is 0 Å². The topological polar surface area (TPSA) is 92.7 Å². The van der Waals surface area contributed by atoms with Crippen molar-refractivity contribution in [2.45, 2.75) is 12.5 Å². The summed E-state index contributed by atoms with van der Waals surface area (Å²) in [5, 5.41) is 13.0. The SMILES string of the molecule is CN[C@@H](CC(=O)O)C(=O)COC(=O)c1cccc2ccccc12. The van der Waals surface area contributed by atoms with E-state index in [4.69, 9.17) is 9.84 Å². The Hall–Kier alpha value is -2.73. The van der Waals surface area contributed by atoms with Crippen LogP contribution in [0.4, 0.5) is 0 Å². The molecule has 0 aliphatic heterocycles. The number of benzene rings is 2. The van der Waals surface area contributed by atoms with Crippen LogP contribution in [0.2, 0.25) is 0 Å². The summed E-state index contributed by atoms with van der Waals surface area (Å²) in [7, 11) is 1.48. The lowest BCUT2D eigenvalue weighted by Gasteiger charge is -2.13. The van der Waals surface area contributed by atoms with Crippen LogP contribution >= 0.6 is 0 Å². The molecule has 2 aromatic carbocycles. The molecule has 23 heavy (non-hydrogen) atoms. The Morgan fingerprint density at radius 3 is 2.52 bits per heavy atom. The fourth-order valence-electron chi connectivity index (χ4n) is 2.27. The number of rotatable bonds is 7. The maximum atomic E-state index is 12.2. The molecule has 2 aromatic rings. The van der Waals surface area contributed by atoms with Crippen LogP contribution in [0.25, 0.3) is 10.8 Å². The second kappa shape index (κ2) is 7.51. The van der Waals surface area contributed by atoms with Crippen LogP contribution in [0.15, 0.2) is 42.5 Å². The molecule has 2 N–H and O–H groups in total. The fourth-order valence-corrected chi connectivity index (χ4v) is 2.27. The molecule has 0 saturated carbocycles. The van der Waals surface area contributed by atoms with E-state index in [-0.39, 0.29) is 6.42 Å². The molecule has 0 fully saturated rings. The highest BCUT2D eigenvalue weighted by Crippen LogP contribution is 2.19. The van der Waals surface area contributed by atoms with Crippen LogP contribution in [-0.4, -0.2) is 42.5 Å². The van der Waals surface area contributed by atoms with Crippen molar-refractivity contribution in [3.8, 4) is 0 Å². The van der Waals surface area contributed by atoms with Crippen LogP contribution < -0.4 is 5.32 Å². The summed E-state index contributed by atoms with van der Waals surface area (Å²) in [6.07, 6.45) is -0.360. The zero-order valence-electron chi connectivity index (χ0n) is 12.6. The Balaban J connectivity index is 2.07. The summed E-state index contributed by atoms with van der Waals surface area (Å²) in [6, 6.07) is 11.7. The fraction of sp³-hybridized carbons (Fsp3) is 0.235. The lowest BCUT2D eigenvalue weighted by Crippen LogP contribution is -2.38. The van der Waals surface area contributed by atoms with Crippen molar-refractivity contribution in [1.82, 2.24) is 5.32 Å². The van der Waals surface area contributed by atoms with Gasteiger partial charge in [-0.3, -0.25) is 9.59 Å². The van der Waals surface area contributed by atoms with E-state index in [0.717, 1.165) is 10.8 Å². The van der Waals surface area contributed by atoms with Gasteiger partial charge in [0.15, 0.2) is 12.4 Å². The largest absolute Gasteiger partial charge is 0.481 e. The zero-order chi connectivity index (χ0) is 16.8. The van der Waals surface area contributed by atoms with Crippen molar-refractivity contribution in [2.24, 2.45) is 0 Å². The van der Waals surface area contributed by atoms with E-state index < -0.39 is 30.4 Å². The Kier molecular flexibility index (Phi) is 5.43. The van der Waals surface area contributed by atoms with Crippen LogP contribution in [-0.2, 0) is 14.3 Å². The van der Waals surface area contributed by atoms with Gasteiger partial charge in [-0.1, -0.05) is 36.4 Å². The summed E-state index contributed by atoms with van der Waals surface area (Å²) < 4.78 is 5.04. The summed E-state index contributed by atoms with van der Waals surface area (Å²) in [6.45, 7) is -0.471. The maximum absolute atomic E-state index is 12.2. The first kappa shape index (κ1) is 16.6. The number of Topliss-reactive ketones (excluding diaryl/α,β-unsaturated/α-hetero) is 1. The van der Waals surface area contributed by atoms with Gasteiger partial charge in [-0.2, -0.15) is 0 Å². The molecule has 0 aliphatic carbocycles. The van der Waals surface area contributed by atoms with Gasteiger partial charge < -0.3 is 15.2 Å². The molecule has 6 nitrogen and oxygen atoms in total. The maximum Gasteiger partial charge on any atom is 0.339 e. The van der Waals surface area contributed by atoms with Crippen molar-refractivity contribution in [3.05, 3.63) is 48.0 Å². The summed E-state index contributed by atoms with van der Waals surface area (Å²) in [5.41, 5.74) is 0.371. The Labute approximate surface area is 133 Å². The number of ether oxygens (including phenoxy) is 1. The number of aliphatic carboxylic acids is 1. The lowest BCUT2D eigenvalue weighted by atomic mass is 10.0. The average Bonchev–Trinajstić information content (AvgIpc) is 2.56. The highest BCUT2D eigenvalue weighted by molar-refractivity contribution is 6.05. The van der Waals surface area contributed by atoms with E-state index in [1.807, 2.05) is 24.3 Å². The molecule has 6 heteroatoms. The minimum absolute atomic E-state index is 0.360. The van der Waals surface area contributed by atoms with Gasteiger partial charge in [-0.25, -0.2) is 4.79 Å². The molecule has 0 amide bonds. The molecular weight excluding hydrogens is 298 g/mol. The number of nitrogens with one attached hydrogen (secondary N) is 1.